The highest BCUT2D eigenvalue weighted by Gasteiger charge is 2.07. The number of benzene rings is 3. The Morgan fingerprint density at radius 3 is 2.33 bits per heavy atom. The summed E-state index contributed by atoms with van der Waals surface area (Å²) in [6.07, 6.45) is 1.57. The van der Waals surface area contributed by atoms with Crippen LogP contribution in [0.3, 0.4) is 0 Å². The average Bonchev–Trinajstić information content (AvgIpc) is 2.70. The first kappa shape index (κ1) is 21.5. The molecule has 3 rings (SSSR count). The second kappa shape index (κ2) is 10.0. The third-order valence-electron chi connectivity index (χ3n) is 4.26. The fourth-order valence-corrected chi connectivity index (χ4v) is 3.14. The molecule has 0 atom stereocenters. The van der Waals surface area contributed by atoms with Crippen molar-refractivity contribution in [3.05, 3.63) is 93.2 Å². The van der Waals surface area contributed by atoms with Gasteiger partial charge in [0.05, 0.1) is 6.21 Å². The van der Waals surface area contributed by atoms with Gasteiger partial charge < -0.3 is 10.1 Å². The number of carbonyl (C=O) groups is 1. The molecule has 0 fully saturated rings. The molecule has 0 radical (unpaired) electrons. The lowest BCUT2D eigenvalue weighted by Gasteiger charge is -2.13. The molecule has 5 nitrogen and oxygen atoms in total. The topological polar surface area (TPSA) is 62.7 Å². The van der Waals surface area contributed by atoms with Crippen LogP contribution < -0.4 is 15.5 Å². The van der Waals surface area contributed by atoms with Crippen molar-refractivity contribution >= 4 is 33.9 Å². The van der Waals surface area contributed by atoms with Crippen molar-refractivity contribution in [2.75, 3.05) is 5.32 Å². The van der Waals surface area contributed by atoms with E-state index in [0.29, 0.717) is 12.3 Å². The molecule has 7 heteroatoms. The molecule has 0 aromatic heterocycles. The number of ether oxygens (including phenoxy) is 1. The molecule has 0 aliphatic heterocycles. The number of carbonyl (C=O) groups excluding carboxylic acids is 1. The quantitative estimate of drug-likeness (QED) is 0.346. The number of anilines is 1. The van der Waals surface area contributed by atoms with Crippen LogP contribution in [-0.2, 0) is 6.61 Å². The van der Waals surface area contributed by atoms with Gasteiger partial charge in [0, 0.05) is 10.2 Å². The molecule has 3 aromatic rings. The molecule has 0 saturated carbocycles. The molecule has 154 valence electrons. The molecule has 0 heterocycles. The van der Waals surface area contributed by atoms with E-state index in [2.05, 4.69) is 31.8 Å². The smallest absolute Gasteiger partial charge is 0.339 e. The van der Waals surface area contributed by atoms with Gasteiger partial charge in [-0.25, -0.2) is 14.6 Å². The largest absolute Gasteiger partial charge is 0.488 e. The molecule has 30 heavy (non-hydrogen) atoms. The zero-order chi connectivity index (χ0) is 21.5. The molecule has 0 spiro atoms. The maximum atomic E-state index is 13.0. The Balaban J connectivity index is 1.57. The summed E-state index contributed by atoms with van der Waals surface area (Å²) in [5, 5.41) is 6.69. The van der Waals surface area contributed by atoms with Crippen LogP contribution in [0.1, 0.15) is 22.3 Å². The summed E-state index contributed by atoms with van der Waals surface area (Å²) in [5.41, 5.74) is 6.72. The van der Waals surface area contributed by atoms with Crippen molar-refractivity contribution in [3.8, 4) is 5.75 Å². The van der Waals surface area contributed by atoms with Crippen LogP contribution in [0.25, 0.3) is 0 Å². The standard InChI is InChI=1S/C23H21BrFN3O2/c1-15-11-18(13-26-28-23(29)27-21-9-5-19(24)6-10-21)12-16(2)22(15)30-14-17-3-7-20(25)8-4-17/h3-13H,14H2,1-2H3,(H2,27,28,29)/b26-13-. The SMILES string of the molecule is Cc1cc(/C=N\NC(=O)Nc2ccc(Br)cc2)cc(C)c1OCc1ccc(F)cc1. The molecule has 0 unspecified atom stereocenters. The third-order valence-corrected chi connectivity index (χ3v) is 4.79. The van der Waals surface area contributed by atoms with E-state index in [1.54, 1.807) is 30.5 Å². The molecule has 0 aliphatic carbocycles. The number of nitrogens with zero attached hydrogens (tertiary/aromatic N) is 1. The maximum Gasteiger partial charge on any atom is 0.339 e. The van der Waals surface area contributed by atoms with E-state index in [-0.39, 0.29) is 5.82 Å². The van der Waals surface area contributed by atoms with Crippen molar-refractivity contribution in [1.29, 1.82) is 0 Å². The first-order chi connectivity index (χ1) is 14.4. The van der Waals surface area contributed by atoms with Gasteiger partial charge in [0.1, 0.15) is 18.2 Å². The second-order valence-electron chi connectivity index (χ2n) is 6.73. The first-order valence-corrected chi connectivity index (χ1v) is 10.0. The highest BCUT2D eigenvalue weighted by atomic mass is 79.9. The van der Waals surface area contributed by atoms with Gasteiger partial charge in [-0.1, -0.05) is 28.1 Å². The zero-order valence-corrected chi connectivity index (χ0v) is 18.2. The molecule has 0 aliphatic rings. The number of rotatable bonds is 6. The van der Waals surface area contributed by atoms with E-state index in [1.165, 1.54) is 12.1 Å². The summed E-state index contributed by atoms with van der Waals surface area (Å²) >= 11 is 3.35. The number of aryl methyl sites for hydroxylation is 2. The lowest BCUT2D eigenvalue weighted by Crippen LogP contribution is -2.24. The van der Waals surface area contributed by atoms with Crippen molar-refractivity contribution in [3.63, 3.8) is 0 Å². The van der Waals surface area contributed by atoms with Crippen molar-refractivity contribution in [2.45, 2.75) is 20.5 Å². The Labute approximate surface area is 183 Å². The molecular weight excluding hydrogens is 449 g/mol. The summed E-state index contributed by atoms with van der Waals surface area (Å²) in [5.74, 6) is 0.506. The molecule has 2 amide bonds. The van der Waals surface area contributed by atoms with E-state index in [0.717, 1.165) is 32.5 Å². The Morgan fingerprint density at radius 1 is 1.07 bits per heavy atom. The van der Waals surface area contributed by atoms with Crippen LogP contribution in [0.4, 0.5) is 14.9 Å². The number of urea groups is 1. The molecule has 0 saturated heterocycles. The summed E-state index contributed by atoms with van der Waals surface area (Å²) in [4.78, 5) is 11.9. The van der Waals surface area contributed by atoms with Gasteiger partial charge in [0.15, 0.2) is 0 Å². The van der Waals surface area contributed by atoms with Crippen molar-refractivity contribution in [2.24, 2.45) is 5.10 Å². The van der Waals surface area contributed by atoms with E-state index in [1.807, 2.05) is 38.1 Å². The van der Waals surface area contributed by atoms with E-state index in [4.69, 9.17) is 4.74 Å². The molecule has 2 N–H and O–H groups in total. The minimum atomic E-state index is -0.429. The molecular formula is C23H21BrFN3O2. The minimum absolute atomic E-state index is 0.270. The van der Waals surface area contributed by atoms with Gasteiger partial charge in [0.25, 0.3) is 0 Å². The number of nitrogens with one attached hydrogen (secondary N) is 2. The van der Waals surface area contributed by atoms with Crippen LogP contribution >= 0.6 is 15.9 Å². The number of halogens is 2. The molecule has 0 bridgehead atoms. The minimum Gasteiger partial charge on any atom is -0.488 e. The first-order valence-electron chi connectivity index (χ1n) is 9.25. The van der Waals surface area contributed by atoms with Crippen LogP contribution in [0.5, 0.6) is 5.75 Å². The lowest BCUT2D eigenvalue weighted by atomic mass is 10.1. The van der Waals surface area contributed by atoms with Gasteiger partial charge in [0.2, 0.25) is 0 Å². The summed E-state index contributed by atoms with van der Waals surface area (Å²) < 4.78 is 19.9. The van der Waals surface area contributed by atoms with Crippen LogP contribution in [0.2, 0.25) is 0 Å². The lowest BCUT2D eigenvalue weighted by molar-refractivity contribution is 0.252. The van der Waals surface area contributed by atoms with E-state index >= 15 is 0 Å². The predicted molar refractivity (Wildman–Crippen MR) is 121 cm³/mol. The number of hydrogen-bond donors (Lipinski definition) is 2. The van der Waals surface area contributed by atoms with E-state index < -0.39 is 6.03 Å². The fraction of sp³-hybridized carbons (Fsp3) is 0.130. The number of hydrogen-bond acceptors (Lipinski definition) is 3. The van der Waals surface area contributed by atoms with Gasteiger partial charge in [-0.15, -0.1) is 0 Å². The van der Waals surface area contributed by atoms with Crippen LogP contribution in [0, 0.1) is 19.7 Å². The second-order valence-corrected chi connectivity index (χ2v) is 7.65. The highest BCUT2D eigenvalue weighted by molar-refractivity contribution is 9.10. The van der Waals surface area contributed by atoms with Crippen LogP contribution in [0.15, 0.2) is 70.2 Å². The maximum absolute atomic E-state index is 13.0. The van der Waals surface area contributed by atoms with E-state index in [9.17, 15) is 9.18 Å². The number of hydrazone groups is 1. The Bertz CT molecular complexity index is 1030. The van der Waals surface area contributed by atoms with Gasteiger partial charge in [-0.05, 0) is 84.6 Å². The van der Waals surface area contributed by atoms with Gasteiger partial charge >= 0.3 is 6.03 Å². The Morgan fingerprint density at radius 2 is 1.70 bits per heavy atom. The number of amides is 2. The monoisotopic (exact) mass is 469 g/mol. The van der Waals surface area contributed by atoms with Crippen LogP contribution in [-0.4, -0.2) is 12.2 Å². The Hall–Kier alpha value is -3.19. The van der Waals surface area contributed by atoms with Gasteiger partial charge in [-0.3, -0.25) is 0 Å². The van der Waals surface area contributed by atoms with Crippen molar-refractivity contribution in [1.82, 2.24) is 5.43 Å². The van der Waals surface area contributed by atoms with Gasteiger partial charge in [-0.2, -0.15) is 5.10 Å². The molecule has 3 aromatic carbocycles. The zero-order valence-electron chi connectivity index (χ0n) is 16.6. The highest BCUT2D eigenvalue weighted by Crippen LogP contribution is 2.25. The normalized spacial score (nSPS) is 10.8. The summed E-state index contributed by atoms with van der Waals surface area (Å²) in [6.45, 7) is 4.24. The third kappa shape index (κ3) is 6.15. The van der Waals surface area contributed by atoms with Crippen molar-refractivity contribution < 1.29 is 13.9 Å². The average molecular weight is 470 g/mol. The fourth-order valence-electron chi connectivity index (χ4n) is 2.88. The Kier molecular flexibility index (Phi) is 7.19. The summed E-state index contributed by atoms with van der Waals surface area (Å²) in [7, 11) is 0. The predicted octanol–water partition coefficient (Wildman–Crippen LogP) is 5.94. The summed E-state index contributed by atoms with van der Waals surface area (Å²) in [6, 6.07) is 16.9.